The molecule has 0 aromatic heterocycles. The molecule has 15 heavy (non-hydrogen) atoms. The number of nitrogens with zero attached hydrogens (tertiary/aromatic N) is 2. The van der Waals surface area contributed by atoms with E-state index in [4.69, 9.17) is 0 Å². The smallest absolute Gasteiger partial charge is 0.211 e. The van der Waals surface area contributed by atoms with E-state index in [1.54, 1.807) is 12.1 Å². The second-order valence-corrected chi connectivity index (χ2v) is 4.46. The number of rotatable bonds is 4. The molecule has 0 aliphatic rings. The van der Waals surface area contributed by atoms with Crippen LogP contribution in [0.15, 0.2) is 32.5 Å². The lowest BCUT2D eigenvalue weighted by Gasteiger charge is -1.99. The van der Waals surface area contributed by atoms with Crippen molar-refractivity contribution in [2.45, 2.75) is 11.8 Å². The van der Waals surface area contributed by atoms with Gasteiger partial charge in [-0.25, -0.2) is 9.59 Å². The third kappa shape index (κ3) is 4.14. The van der Waals surface area contributed by atoms with E-state index >= 15 is 0 Å². The molecule has 0 bridgehead atoms. The highest BCUT2D eigenvalue weighted by Crippen LogP contribution is 2.34. The maximum absolute atomic E-state index is 10.1. The Bertz CT molecular complexity index is 449. The molecule has 76 valence electrons. The SMILES string of the molecule is Cc1cc(N=C=O)cc(SSN=C=O)c1. The lowest BCUT2D eigenvalue weighted by molar-refractivity contribution is 0.565. The van der Waals surface area contributed by atoms with Crippen molar-refractivity contribution in [2.24, 2.45) is 9.39 Å². The summed E-state index contributed by atoms with van der Waals surface area (Å²) in [6, 6.07) is 5.39. The van der Waals surface area contributed by atoms with Gasteiger partial charge in [0.15, 0.2) is 0 Å². The lowest BCUT2D eigenvalue weighted by atomic mass is 10.2. The van der Waals surface area contributed by atoms with Gasteiger partial charge in [0.25, 0.3) is 0 Å². The Labute approximate surface area is 94.4 Å². The first-order valence-electron chi connectivity index (χ1n) is 3.86. The summed E-state index contributed by atoms with van der Waals surface area (Å²) in [5, 5.41) is 0. The van der Waals surface area contributed by atoms with Crippen molar-refractivity contribution in [1.82, 2.24) is 0 Å². The molecule has 0 amide bonds. The van der Waals surface area contributed by atoms with Crippen LogP contribution in [0.4, 0.5) is 5.69 Å². The molecule has 1 rings (SSSR count). The normalized spacial score (nSPS) is 8.87. The second kappa shape index (κ2) is 6.22. The fraction of sp³-hybridized carbons (Fsp3) is 0.111. The molecule has 0 heterocycles. The number of benzene rings is 1. The number of carbonyl (C=O) groups excluding carboxylic acids is 2. The number of hydrogen-bond donors (Lipinski definition) is 0. The summed E-state index contributed by atoms with van der Waals surface area (Å²) in [6.07, 6.45) is 2.90. The van der Waals surface area contributed by atoms with E-state index in [0.717, 1.165) is 21.4 Å². The molecule has 0 fully saturated rings. The van der Waals surface area contributed by atoms with Gasteiger partial charge in [-0.3, -0.25) is 0 Å². The van der Waals surface area contributed by atoms with Crippen molar-refractivity contribution in [2.75, 3.05) is 0 Å². The van der Waals surface area contributed by atoms with Crippen molar-refractivity contribution < 1.29 is 9.59 Å². The van der Waals surface area contributed by atoms with E-state index in [1.165, 1.54) is 23.0 Å². The van der Waals surface area contributed by atoms with Gasteiger partial charge in [0.2, 0.25) is 12.2 Å². The van der Waals surface area contributed by atoms with Crippen LogP contribution in [-0.2, 0) is 9.59 Å². The Balaban J connectivity index is 2.87. The molecule has 0 saturated heterocycles. The van der Waals surface area contributed by atoms with E-state index in [2.05, 4.69) is 9.39 Å². The molecule has 0 aliphatic heterocycles. The van der Waals surface area contributed by atoms with Crippen molar-refractivity contribution in [1.29, 1.82) is 0 Å². The van der Waals surface area contributed by atoms with Crippen LogP contribution in [0.25, 0.3) is 0 Å². The summed E-state index contributed by atoms with van der Waals surface area (Å²) in [4.78, 5) is 24.3. The van der Waals surface area contributed by atoms with Crippen LogP contribution in [0.5, 0.6) is 0 Å². The van der Waals surface area contributed by atoms with E-state index in [1.807, 2.05) is 13.0 Å². The number of aryl methyl sites for hydroxylation is 1. The average molecular weight is 238 g/mol. The van der Waals surface area contributed by atoms with E-state index < -0.39 is 0 Å². The summed E-state index contributed by atoms with van der Waals surface area (Å²) in [5.74, 6) is 0. The molecule has 1 aromatic carbocycles. The zero-order chi connectivity index (χ0) is 11.1. The quantitative estimate of drug-likeness (QED) is 0.350. The van der Waals surface area contributed by atoms with Gasteiger partial charge < -0.3 is 0 Å². The van der Waals surface area contributed by atoms with Gasteiger partial charge in [-0.15, -0.1) is 4.40 Å². The van der Waals surface area contributed by atoms with Crippen LogP contribution >= 0.6 is 21.8 Å². The molecule has 0 saturated carbocycles. The Morgan fingerprint density at radius 3 is 2.67 bits per heavy atom. The number of hydrogen-bond acceptors (Lipinski definition) is 6. The molecule has 6 heteroatoms. The Hall–Kier alpha value is -1.32. The van der Waals surface area contributed by atoms with Crippen molar-refractivity contribution in [3.8, 4) is 0 Å². The molecule has 4 nitrogen and oxygen atoms in total. The molecule has 0 radical (unpaired) electrons. The van der Waals surface area contributed by atoms with Crippen LogP contribution in [0.3, 0.4) is 0 Å². The third-order valence-corrected chi connectivity index (χ3v) is 3.09. The van der Waals surface area contributed by atoms with Gasteiger partial charge in [-0.1, -0.05) is 0 Å². The van der Waals surface area contributed by atoms with Crippen molar-refractivity contribution >= 4 is 39.6 Å². The van der Waals surface area contributed by atoms with Gasteiger partial charge >= 0.3 is 0 Å². The van der Waals surface area contributed by atoms with Gasteiger partial charge in [-0.05, 0) is 41.5 Å². The van der Waals surface area contributed by atoms with Crippen LogP contribution in [0, 0.1) is 6.92 Å². The molecule has 0 spiro atoms. The predicted octanol–water partition coefficient (Wildman–Crippen LogP) is 2.95. The predicted molar refractivity (Wildman–Crippen MR) is 60.5 cm³/mol. The number of aliphatic imine (C=N–C) groups is 1. The molecule has 0 unspecified atom stereocenters. The van der Waals surface area contributed by atoms with Crippen molar-refractivity contribution in [3.05, 3.63) is 23.8 Å². The van der Waals surface area contributed by atoms with E-state index in [-0.39, 0.29) is 0 Å². The largest absolute Gasteiger partial charge is 0.248 e. The molecule has 1 aromatic rings. The van der Waals surface area contributed by atoms with Crippen LogP contribution in [0.1, 0.15) is 5.56 Å². The minimum absolute atomic E-state index is 0.545. The highest BCUT2D eigenvalue weighted by molar-refractivity contribution is 8.76. The molecular weight excluding hydrogens is 232 g/mol. The fourth-order valence-electron chi connectivity index (χ4n) is 0.971. The zero-order valence-corrected chi connectivity index (χ0v) is 9.39. The summed E-state index contributed by atoms with van der Waals surface area (Å²) in [6.45, 7) is 1.89. The van der Waals surface area contributed by atoms with E-state index in [9.17, 15) is 9.59 Å². The monoisotopic (exact) mass is 238 g/mol. The van der Waals surface area contributed by atoms with Gasteiger partial charge in [0.1, 0.15) is 0 Å². The van der Waals surface area contributed by atoms with Crippen molar-refractivity contribution in [3.63, 3.8) is 0 Å². The fourth-order valence-corrected chi connectivity index (χ4v) is 2.28. The van der Waals surface area contributed by atoms with Gasteiger partial charge in [0.05, 0.1) is 16.7 Å². The Morgan fingerprint density at radius 1 is 1.20 bits per heavy atom. The molecular formula is C9H6N2O2S2. The topological polar surface area (TPSA) is 58.9 Å². The van der Waals surface area contributed by atoms with Gasteiger partial charge in [-0.2, -0.15) is 4.99 Å². The molecule has 0 aliphatic carbocycles. The minimum Gasteiger partial charge on any atom is -0.211 e. The minimum atomic E-state index is 0.545. The van der Waals surface area contributed by atoms with Crippen LogP contribution in [0.2, 0.25) is 0 Å². The van der Waals surface area contributed by atoms with Gasteiger partial charge in [0, 0.05) is 4.90 Å². The first kappa shape index (κ1) is 11.8. The third-order valence-electron chi connectivity index (χ3n) is 1.42. The highest BCUT2D eigenvalue weighted by atomic mass is 33.1. The average Bonchev–Trinajstić information content (AvgIpc) is 2.18. The standard InChI is InChI=1S/C9H6N2O2S2/c1-7-2-8(10-5-12)4-9(3-7)14-15-11-6-13/h2-4H,1H3. The Kier molecular flexibility index (Phi) is 4.87. The zero-order valence-electron chi connectivity index (χ0n) is 7.76. The molecule has 0 N–H and O–H groups in total. The maximum Gasteiger partial charge on any atom is 0.248 e. The summed E-state index contributed by atoms with van der Waals surface area (Å²) < 4.78 is 3.34. The summed E-state index contributed by atoms with van der Waals surface area (Å²) in [5.41, 5.74) is 1.52. The number of isocyanates is 2. The van der Waals surface area contributed by atoms with Crippen LogP contribution < -0.4 is 0 Å². The van der Waals surface area contributed by atoms with E-state index in [0.29, 0.717) is 5.69 Å². The summed E-state index contributed by atoms with van der Waals surface area (Å²) >= 11 is 0. The first-order valence-corrected chi connectivity index (χ1v) is 5.97. The lowest BCUT2D eigenvalue weighted by Crippen LogP contribution is -1.74. The Morgan fingerprint density at radius 2 is 2.00 bits per heavy atom. The van der Waals surface area contributed by atoms with Crippen LogP contribution in [-0.4, -0.2) is 12.2 Å². The first-order chi connectivity index (χ1) is 7.26. The second-order valence-electron chi connectivity index (χ2n) is 2.55. The highest BCUT2D eigenvalue weighted by Gasteiger charge is 1.99. The maximum atomic E-state index is 10.1. The summed E-state index contributed by atoms with van der Waals surface area (Å²) in [7, 11) is 2.32. The molecule has 0 atom stereocenters.